The Balaban J connectivity index is 1.23. The van der Waals surface area contributed by atoms with Gasteiger partial charge in [0.1, 0.15) is 41.0 Å². The van der Waals surface area contributed by atoms with E-state index in [1.165, 1.54) is 4.90 Å². The number of amides is 1. The summed E-state index contributed by atoms with van der Waals surface area (Å²) in [4.78, 5) is 86.8. The second-order valence-corrected chi connectivity index (χ2v) is 24.4. The minimum atomic E-state index is -2.47. The van der Waals surface area contributed by atoms with Crippen LogP contribution in [0.3, 0.4) is 0 Å². The van der Waals surface area contributed by atoms with E-state index in [4.69, 9.17) is 37.9 Å². The van der Waals surface area contributed by atoms with Crippen LogP contribution in [0.5, 0.6) is 5.75 Å². The lowest BCUT2D eigenvalue weighted by Gasteiger charge is -2.42. The maximum atomic E-state index is 14.7. The lowest BCUT2D eigenvalue weighted by atomic mass is 9.78. The van der Waals surface area contributed by atoms with Crippen molar-refractivity contribution in [1.29, 1.82) is 0 Å². The van der Waals surface area contributed by atoms with Gasteiger partial charge >= 0.3 is 11.9 Å². The number of esters is 2. The molecule has 3 saturated heterocycles. The fourth-order valence-corrected chi connectivity index (χ4v) is 12.3. The molecule has 2 bridgehead atoms. The third-order valence-electron chi connectivity index (χ3n) is 17.8. The molecule has 15 unspecified atom stereocenters. The summed E-state index contributed by atoms with van der Waals surface area (Å²) in [6.07, 6.45) is 10.5. The zero-order chi connectivity index (χ0) is 60.1. The van der Waals surface area contributed by atoms with Gasteiger partial charge in [-0.2, -0.15) is 0 Å². The highest BCUT2D eigenvalue weighted by atomic mass is 16.7. The first-order chi connectivity index (χ1) is 39.0. The normalized spacial score (nSPS) is 38.2. The number of benzene rings is 1. The average Bonchev–Trinajstić information content (AvgIpc) is 3.53. The molecule has 4 heterocycles. The molecular formula is C64H93NO17. The van der Waals surface area contributed by atoms with Gasteiger partial charge in [-0.05, 0) is 126 Å². The van der Waals surface area contributed by atoms with Crippen LogP contribution in [0.4, 0.5) is 0 Å². The monoisotopic (exact) mass is 1150 g/mol. The van der Waals surface area contributed by atoms with Gasteiger partial charge in [0.25, 0.3) is 11.7 Å². The molecule has 18 heteroatoms. The highest BCUT2D eigenvalue weighted by molar-refractivity contribution is 6.39. The zero-order valence-electron chi connectivity index (χ0n) is 50.3. The number of fused-ring (bicyclic) bond motifs is 3. The number of methoxy groups -OCH3 is 3. The first kappa shape index (κ1) is 66.2. The summed E-state index contributed by atoms with van der Waals surface area (Å²) in [6.45, 7) is 13.8. The molecule has 0 aromatic heterocycles. The van der Waals surface area contributed by atoms with Crippen molar-refractivity contribution in [2.45, 2.75) is 187 Å². The van der Waals surface area contributed by atoms with E-state index < -0.39 is 120 Å². The van der Waals surface area contributed by atoms with Crippen molar-refractivity contribution in [2.24, 2.45) is 46.8 Å². The minimum absolute atomic E-state index is 0.0204. The summed E-state index contributed by atoms with van der Waals surface area (Å²) in [7, 11) is 4.72. The van der Waals surface area contributed by atoms with E-state index in [1.807, 2.05) is 75.4 Å². The number of nitrogens with zero attached hydrogens (tertiary/aromatic N) is 1. The van der Waals surface area contributed by atoms with Crippen molar-refractivity contribution < 1.29 is 82.0 Å². The third-order valence-corrected chi connectivity index (χ3v) is 17.8. The molecule has 1 aliphatic carbocycles. The van der Waals surface area contributed by atoms with Crippen molar-refractivity contribution in [3.8, 4) is 5.75 Å². The standard InChI is InChI=1S/C64H93NO17/c1-38-17-13-12-14-18-39(2)53(76-10)33-48-24-20-44(7)64(74,82-48)58(70)59(71)65-28-16-15-19-50(65)60(72)80-54(34-51(67)40(3)30-43(6)57(69)49(35-66)56(68)42(5)29-38)41(4)31-45-21-27-52(55(32-45)77-11)81-62(73)63(8)36-78-61(79-37-63)46-22-25-47(75-9)26-23-46/h12-14,17-18,22-23,25-26,30,38,40-42,44-45,48-50,52-55,57,61,66,69,74H,15-16,19-21,24,27-29,31-37H2,1-11H3/b14-12+,17-13+,39-18+,43-30+. The second kappa shape index (κ2) is 30.2. The van der Waals surface area contributed by atoms with Crippen LogP contribution >= 0.6 is 0 Å². The lowest BCUT2D eigenvalue weighted by molar-refractivity contribution is -0.265. The van der Waals surface area contributed by atoms with Gasteiger partial charge in [-0.1, -0.05) is 83.2 Å². The summed E-state index contributed by atoms with van der Waals surface area (Å²) in [5.41, 5.74) is 0.899. The van der Waals surface area contributed by atoms with Crippen LogP contribution in [0.25, 0.3) is 0 Å². The molecule has 15 atom stereocenters. The van der Waals surface area contributed by atoms with Gasteiger partial charge in [0.05, 0.1) is 57.3 Å². The van der Waals surface area contributed by atoms with Gasteiger partial charge < -0.3 is 58.1 Å². The fourth-order valence-electron chi connectivity index (χ4n) is 12.3. The Morgan fingerprint density at radius 1 is 0.841 bits per heavy atom. The SMILES string of the molecule is COc1ccc(C2OCC(C)(C(=O)OC3CCC(CC(C)C4CC(=O)C(C)/C=C(\C)C(O)C(CO)C(=O)C(C)CC(C)/C=C/C=C/C=C(\C)C(OC)CC5CCC(C)C(O)(O5)C(=O)C(=O)N5CCCCC5C(=O)O4)CC3OC)CO2)cc1. The topological polar surface area (TPSA) is 240 Å². The smallest absolute Gasteiger partial charge is 0.329 e. The summed E-state index contributed by atoms with van der Waals surface area (Å²) in [5.74, 6) is -9.61. The largest absolute Gasteiger partial charge is 0.497 e. The van der Waals surface area contributed by atoms with Crippen molar-refractivity contribution >= 4 is 35.2 Å². The van der Waals surface area contributed by atoms with Crippen LogP contribution in [-0.4, -0.2) is 152 Å². The molecule has 18 nitrogen and oxygen atoms in total. The van der Waals surface area contributed by atoms with E-state index in [2.05, 4.69) is 0 Å². The number of ketones is 3. The summed E-state index contributed by atoms with van der Waals surface area (Å²) >= 11 is 0. The number of carbonyl (C=O) groups is 6. The van der Waals surface area contributed by atoms with E-state index in [0.29, 0.717) is 69.1 Å². The van der Waals surface area contributed by atoms with E-state index in [1.54, 1.807) is 62.0 Å². The van der Waals surface area contributed by atoms with Crippen molar-refractivity contribution in [3.63, 3.8) is 0 Å². The molecule has 456 valence electrons. The highest BCUT2D eigenvalue weighted by Gasteiger charge is 2.53. The molecular weight excluding hydrogens is 1050 g/mol. The predicted octanol–water partition coefficient (Wildman–Crippen LogP) is 8.09. The maximum absolute atomic E-state index is 14.7. The number of aliphatic hydroxyl groups is 3. The molecule has 0 radical (unpaired) electrons. The Hall–Kier alpha value is -4.92. The van der Waals surface area contributed by atoms with Crippen molar-refractivity contribution in [3.05, 3.63) is 77.4 Å². The van der Waals surface area contributed by atoms with Gasteiger partial charge in [0.15, 0.2) is 6.29 Å². The molecule has 82 heavy (non-hydrogen) atoms. The number of allylic oxidation sites excluding steroid dienone is 6. The average molecular weight is 1150 g/mol. The summed E-state index contributed by atoms with van der Waals surface area (Å²) < 4.78 is 47.9. The Morgan fingerprint density at radius 2 is 1.55 bits per heavy atom. The number of cyclic esters (lactones) is 1. The number of piperidine rings is 1. The fraction of sp³-hybridized carbons (Fsp3) is 0.688. The number of aliphatic hydroxyl groups excluding tert-OH is 2. The van der Waals surface area contributed by atoms with Crippen LogP contribution in [-0.2, 0) is 61.9 Å². The van der Waals surface area contributed by atoms with Crippen LogP contribution < -0.4 is 4.74 Å². The lowest BCUT2D eigenvalue weighted by Crippen LogP contribution is -2.61. The maximum Gasteiger partial charge on any atom is 0.329 e. The molecule has 1 aromatic carbocycles. The molecule has 5 aliphatic rings. The van der Waals surface area contributed by atoms with Gasteiger partial charge in [0, 0.05) is 56.9 Å². The summed E-state index contributed by atoms with van der Waals surface area (Å²) in [5, 5.41) is 34.1. The molecule has 1 amide bonds. The van der Waals surface area contributed by atoms with Crippen LogP contribution in [0.1, 0.15) is 144 Å². The number of Topliss-reactive ketones (excluding diaryl/α,β-unsaturated/α-hetero) is 3. The van der Waals surface area contributed by atoms with Gasteiger partial charge in [0.2, 0.25) is 5.79 Å². The molecule has 6 rings (SSSR count). The van der Waals surface area contributed by atoms with E-state index in [-0.39, 0.29) is 62.4 Å². The van der Waals surface area contributed by atoms with E-state index in [9.17, 15) is 44.1 Å². The number of ether oxygens (including phenoxy) is 8. The number of rotatable bonds is 10. The third kappa shape index (κ3) is 16.7. The zero-order valence-corrected chi connectivity index (χ0v) is 50.3. The van der Waals surface area contributed by atoms with Crippen LogP contribution in [0, 0.1) is 46.8 Å². The molecule has 4 fully saturated rings. The van der Waals surface area contributed by atoms with Crippen LogP contribution in [0.15, 0.2) is 71.9 Å². The predicted molar refractivity (Wildman–Crippen MR) is 305 cm³/mol. The second-order valence-electron chi connectivity index (χ2n) is 24.4. The quantitative estimate of drug-likeness (QED) is 0.114. The Bertz CT molecular complexity index is 2460. The number of carbonyl (C=O) groups excluding carboxylic acids is 6. The van der Waals surface area contributed by atoms with E-state index in [0.717, 1.165) is 11.1 Å². The number of hydrogen-bond donors (Lipinski definition) is 3. The summed E-state index contributed by atoms with van der Waals surface area (Å²) in [6, 6.07) is 6.11. The molecule has 0 spiro atoms. The highest BCUT2D eigenvalue weighted by Crippen LogP contribution is 2.40. The van der Waals surface area contributed by atoms with Crippen LogP contribution in [0.2, 0.25) is 0 Å². The van der Waals surface area contributed by atoms with Gasteiger partial charge in [-0.3, -0.25) is 24.0 Å². The Labute approximate surface area is 485 Å². The van der Waals surface area contributed by atoms with Crippen molar-refractivity contribution in [2.75, 3.05) is 47.7 Å². The first-order valence-electron chi connectivity index (χ1n) is 29.6. The van der Waals surface area contributed by atoms with E-state index >= 15 is 0 Å². The Kier molecular flexibility index (Phi) is 24.4. The minimum Gasteiger partial charge on any atom is -0.497 e. The molecule has 4 aliphatic heterocycles. The molecule has 1 saturated carbocycles. The molecule has 1 aromatic rings. The Morgan fingerprint density at radius 3 is 2.21 bits per heavy atom. The molecule has 3 N–H and O–H groups in total. The first-order valence-corrected chi connectivity index (χ1v) is 29.6. The van der Waals surface area contributed by atoms with Crippen molar-refractivity contribution in [1.82, 2.24) is 4.90 Å². The van der Waals surface area contributed by atoms with Gasteiger partial charge in [-0.25, -0.2) is 4.79 Å². The van der Waals surface area contributed by atoms with Gasteiger partial charge in [-0.15, -0.1) is 0 Å². The number of hydrogen-bond acceptors (Lipinski definition) is 17.